The lowest BCUT2D eigenvalue weighted by molar-refractivity contribution is -0.124. The van der Waals surface area contributed by atoms with E-state index in [0.717, 1.165) is 26.1 Å². The maximum absolute atomic E-state index is 9.46. The second-order valence-electron chi connectivity index (χ2n) is 4.22. The van der Waals surface area contributed by atoms with Crippen LogP contribution in [-0.2, 0) is 4.74 Å². The van der Waals surface area contributed by atoms with Gasteiger partial charge in [0.2, 0.25) is 0 Å². The molecule has 0 fully saturated rings. The average Bonchev–Trinajstić information content (AvgIpc) is 2.41. The smallest absolute Gasteiger partial charge is 0.114 e. The van der Waals surface area contributed by atoms with Gasteiger partial charge in [0.15, 0.2) is 0 Å². The van der Waals surface area contributed by atoms with Gasteiger partial charge in [-0.3, -0.25) is 0 Å². The highest BCUT2D eigenvalue weighted by atomic mass is 16.5. The molecule has 6 heteroatoms. The molecule has 0 bridgehead atoms. The van der Waals surface area contributed by atoms with Crippen LogP contribution in [0.4, 0.5) is 0 Å². The van der Waals surface area contributed by atoms with Crippen molar-refractivity contribution in [2.45, 2.75) is 38.6 Å². The summed E-state index contributed by atoms with van der Waals surface area (Å²) in [5, 5.41) is 36.6. The van der Waals surface area contributed by atoms with Gasteiger partial charge in [-0.2, -0.15) is 0 Å². The molecule has 2 unspecified atom stereocenters. The van der Waals surface area contributed by atoms with Crippen LogP contribution in [0.2, 0.25) is 0 Å². The number of hydrogen-bond donors (Lipinski definition) is 4. The minimum atomic E-state index is -1.18. The molecule has 0 aromatic rings. The lowest BCUT2D eigenvalue weighted by Gasteiger charge is -2.26. The molecular weight excluding hydrogens is 238 g/mol. The van der Waals surface area contributed by atoms with Crippen molar-refractivity contribution < 1.29 is 25.2 Å². The summed E-state index contributed by atoms with van der Waals surface area (Å²) in [5.41, 5.74) is 0. The summed E-state index contributed by atoms with van der Waals surface area (Å²) in [5.74, 6) is 0. The summed E-state index contributed by atoms with van der Waals surface area (Å²) in [6, 6.07) is 0. The Morgan fingerprint density at radius 2 is 1.50 bits per heavy atom. The standard InChI is InChI=1S/C12H27NO5/c1-3-13(4-2)6-5-7-18-12(10(16)8-14)11(17)9-15/h10-12,14-17H,3-9H2,1-2H3. The van der Waals surface area contributed by atoms with Crippen molar-refractivity contribution in [1.82, 2.24) is 4.90 Å². The Labute approximate surface area is 109 Å². The third-order valence-electron chi connectivity index (χ3n) is 2.96. The summed E-state index contributed by atoms with van der Waals surface area (Å²) in [4.78, 5) is 2.24. The Hall–Kier alpha value is -0.240. The molecule has 0 saturated heterocycles. The van der Waals surface area contributed by atoms with E-state index in [0.29, 0.717) is 6.61 Å². The highest BCUT2D eigenvalue weighted by molar-refractivity contribution is 4.76. The van der Waals surface area contributed by atoms with Crippen molar-refractivity contribution in [2.24, 2.45) is 0 Å². The zero-order chi connectivity index (χ0) is 14.0. The number of rotatable bonds is 11. The van der Waals surface area contributed by atoms with Crippen LogP contribution in [0.1, 0.15) is 20.3 Å². The molecule has 0 aliphatic carbocycles. The molecule has 0 aliphatic heterocycles. The van der Waals surface area contributed by atoms with E-state index in [1.165, 1.54) is 0 Å². The Morgan fingerprint density at radius 1 is 1.00 bits per heavy atom. The van der Waals surface area contributed by atoms with Crippen LogP contribution in [0, 0.1) is 0 Å². The van der Waals surface area contributed by atoms with Crippen molar-refractivity contribution >= 4 is 0 Å². The van der Waals surface area contributed by atoms with Crippen LogP contribution in [0.15, 0.2) is 0 Å². The van der Waals surface area contributed by atoms with Crippen molar-refractivity contribution in [3.63, 3.8) is 0 Å². The Morgan fingerprint density at radius 3 is 1.89 bits per heavy atom. The van der Waals surface area contributed by atoms with Crippen molar-refractivity contribution in [3.8, 4) is 0 Å². The summed E-state index contributed by atoms with van der Waals surface area (Å²) < 4.78 is 5.34. The second kappa shape index (κ2) is 10.7. The van der Waals surface area contributed by atoms with E-state index in [2.05, 4.69) is 18.7 Å². The molecule has 0 spiro atoms. The lowest BCUT2D eigenvalue weighted by atomic mass is 10.1. The zero-order valence-corrected chi connectivity index (χ0v) is 11.3. The molecule has 0 aliphatic rings. The first kappa shape index (κ1) is 17.8. The summed E-state index contributed by atoms with van der Waals surface area (Å²) in [6.07, 6.45) is -2.54. The molecule has 0 saturated carbocycles. The van der Waals surface area contributed by atoms with Gasteiger partial charge in [0.25, 0.3) is 0 Å². The summed E-state index contributed by atoms with van der Waals surface area (Å²) >= 11 is 0. The first-order valence-electron chi connectivity index (χ1n) is 6.52. The SMILES string of the molecule is CCN(CC)CCCOC(C(O)CO)C(O)CO. The van der Waals surface area contributed by atoms with Gasteiger partial charge >= 0.3 is 0 Å². The van der Waals surface area contributed by atoms with Gasteiger partial charge in [0.05, 0.1) is 13.2 Å². The fourth-order valence-electron chi connectivity index (χ4n) is 1.73. The second-order valence-corrected chi connectivity index (χ2v) is 4.22. The van der Waals surface area contributed by atoms with Crippen LogP contribution >= 0.6 is 0 Å². The fourth-order valence-corrected chi connectivity index (χ4v) is 1.73. The van der Waals surface area contributed by atoms with Crippen LogP contribution in [0.5, 0.6) is 0 Å². The monoisotopic (exact) mass is 265 g/mol. The van der Waals surface area contributed by atoms with E-state index in [1.807, 2.05) is 0 Å². The maximum atomic E-state index is 9.46. The molecule has 0 aromatic heterocycles. The topological polar surface area (TPSA) is 93.4 Å². The van der Waals surface area contributed by atoms with Gasteiger partial charge in [0, 0.05) is 13.2 Å². The minimum Gasteiger partial charge on any atom is -0.394 e. The van der Waals surface area contributed by atoms with Gasteiger partial charge in [-0.25, -0.2) is 0 Å². The average molecular weight is 265 g/mol. The van der Waals surface area contributed by atoms with E-state index < -0.39 is 31.5 Å². The fraction of sp³-hybridized carbons (Fsp3) is 1.00. The highest BCUT2D eigenvalue weighted by Crippen LogP contribution is 2.06. The molecule has 0 heterocycles. The highest BCUT2D eigenvalue weighted by Gasteiger charge is 2.26. The molecule has 4 N–H and O–H groups in total. The van der Waals surface area contributed by atoms with Crippen molar-refractivity contribution in [1.29, 1.82) is 0 Å². The molecule has 0 radical (unpaired) electrons. The maximum Gasteiger partial charge on any atom is 0.114 e. The van der Waals surface area contributed by atoms with Crippen LogP contribution in [0.25, 0.3) is 0 Å². The molecule has 0 aromatic carbocycles. The van der Waals surface area contributed by atoms with Crippen molar-refractivity contribution in [2.75, 3.05) is 39.5 Å². The summed E-state index contributed by atoms with van der Waals surface area (Å²) in [7, 11) is 0. The number of aliphatic hydroxyl groups is 4. The molecule has 6 nitrogen and oxygen atoms in total. The molecule has 110 valence electrons. The van der Waals surface area contributed by atoms with E-state index >= 15 is 0 Å². The lowest BCUT2D eigenvalue weighted by Crippen LogP contribution is -2.44. The zero-order valence-electron chi connectivity index (χ0n) is 11.3. The summed E-state index contributed by atoms with van der Waals surface area (Å²) in [6.45, 7) is 6.35. The molecule has 18 heavy (non-hydrogen) atoms. The van der Waals surface area contributed by atoms with Crippen LogP contribution in [0.3, 0.4) is 0 Å². The first-order chi connectivity index (χ1) is 8.60. The first-order valence-corrected chi connectivity index (χ1v) is 6.52. The minimum absolute atomic E-state index is 0.370. The predicted molar refractivity (Wildman–Crippen MR) is 68.3 cm³/mol. The van der Waals surface area contributed by atoms with Gasteiger partial charge in [0.1, 0.15) is 18.3 Å². The predicted octanol–water partition coefficient (Wildman–Crippen LogP) is -1.19. The quantitative estimate of drug-likeness (QED) is 0.351. The van der Waals surface area contributed by atoms with E-state index in [9.17, 15) is 10.2 Å². The Balaban J connectivity index is 3.96. The van der Waals surface area contributed by atoms with Crippen LogP contribution in [-0.4, -0.2) is 83.1 Å². The Bertz CT molecular complexity index is 179. The number of nitrogens with zero attached hydrogens (tertiary/aromatic N) is 1. The largest absolute Gasteiger partial charge is 0.394 e. The third-order valence-corrected chi connectivity index (χ3v) is 2.96. The van der Waals surface area contributed by atoms with E-state index in [-0.39, 0.29) is 0 Å². The number of hydrogen-bond acceptors (Lipinski definition) is 6. The Kier molecular flexibility index (Phi) is 10.5. The van der Waals surface area contributed by atoms with Gasteiger partial charge in [-0.05, 0) is 19.5 Å². The van der Waals surface area contributed by atoms with Gasteiger partial charge < -0.3 is 30.1 Å². The van der Waals surface area contributed by atoms with Gasteiger partial charge in [-0.1, -0.05) is 13.8 Å². The molecule has 0 amide bonds. The number of aliphatic hydroxyl groups excluding tert-OH is 4. The molecule has 2 atom stereocenters. The molecule has 0 rings (SSSR count). The van der Waals surface area contributed by atoms with Crippen LogP contribution < -0.4 is 0 Å². The third kappa shape index (κ3) is 6.63. The van der Waals surface area contributed by atoms with Gasteiger partial charge in [-0.15, -0.1) is 0 Å². The van der Waals surface area contributed by atoms with E-state index in [4.69, 9.17) is 14.9 Å². The normalized spacial score (nSPS) is 16.8. The van der Waals surface area contributed by atoms with Crippen molar-refractivity contribution in [3.05, 3.63) is 0 Å². The number of ether oxygens (including phenoxy) is 1. The van der Waals surface area contributed by atoms with E-state index in [1.54, 1.807) is 0 Å². The molecular formula is C12H27NO5.